The molecular formula is C14H17N5. The molecule has 0 aliphatic carbocycles. The smallest absolute Gasteiger partial charge is 0.150 e. The zero-order valence-electron chi connectivity index (χ0n) is 11.2. The van der Waals surface area contributed by atoms with Gasteiger partial charge in [0.25, 0.3) is 0 Å². The first kappa shape index (κ1) is 12.0. The molecule has 19 heavy (non-hydrogen) atoms. The van der Waals surface area contributed by atoms with Crippen LogP contribution in [0.3, 0.4) is 0 Å². The Morgan fingerprint density at radius 2 is 2.05 bits per heavy atom. The molecule has 3 rings (SSSR count). The topological polar surface area (TPSA) is 54.8 Å². The Balaban J connectivity index is 1.93. The van der Waals surface area contributed by atoms with E-state index >= 15 is 0 Å². The van der Waals surface area contributed by atoms with Gasteiger partial charge < -0.3 is 4.90 Å². The summed E-state index contributed by atoms with van der Waals surface area (Å²) < 4.78 is 0. The van der Waals surface area contributed by atoms with Gasteiger partial charge in [0.1, 0.15) is 12.1 Å². The van der Waals surface area contributed by atoms with Crippen molar-refractivity contribution < 1.29 is 0 Å². The number of nitrogens with zero attached hydrogens (tertiary/aromatic N) is 5. The molecule has 0 saturated carbocycles. The van der Waals surface area contributed by atoms with Crippen LogP contribution in [0.2, 0.25) is 0 Å². The lowest BCUT2D eigenvalue weighted by Crippen LogP contribution is -2.25. The fourth-order valence-electron chi connectivity index (χ4n) is 2.54. The van der Waals surface area contributed by atoms with Gasteiger partial charge in [0, 0.05) is 30.2 Å². The Bertz CT molecular complexity index is 532. The van der Waals surface area contributed by atoms with Crippen LogP contribution in [0.1, 0.15) is 36.1 Å². The van der Waals surface area contributed by atoms with Crippen LogP contribution in [0.25, 0.3) is 0 Å². The summed E-state index contributed by atoms with van der Waals surface area (Å²) in [7, 11) is 0. The average Bonchev–Trinajstić information content (AvgIpc) is 2.88. The van der Waals surface area contributed by atoms with E-state index in [1.165, 1.54) is 0 Å². The molecule has 0 bridgehead atoms. The Kier molecular flexibility index (Phi) is 3.11. The van der Waals surface area contributed by atoms with Crippen molar-refractivity contribution >= 4 is 5.82 Å². The van der Waals surface area contributed by atoms with Gasteiger partial charge in [-0.2, -0.15) is 0 Å². The summed E-state index contributed by atoms with van der Waals surface area (Å²) in [6.45, 7) is 4.98. The molecule has 0 aromatic carbocycles. The number of hydrogen-bond donors (Lipinski definition) is 0. The first-order valence-electron chi connectivity index (χ1n) is 6.59. The van der Waals surface area contributed by atoms with E-state index in [9.17, 15) is 0 Å². The SMILES string of the molecule is Cc1cc(N2CCC[C@H]2c2nccc(C)n2)ncn1. The number of hydrogen-bond acceptors (Lipinski definition) is 5. The molecule has 0 spiro atoms. The first-order valence-corrected chi connectivity index (χ1v) is 6.59. The molecule has 0 unspecified atom stereocenters. The number of rotatable bonds is 2. The van der Waals surface area contributed by atoms with Gasteiger partial charge in [-0.05, 0) is 32.8 Å². The zero-order valence-corrected chi connectivity index (χ0v) is 11.2. The summed E-state index contributed by atoms with van der Waals surface area (Å²) in [6.07, 6.45) is 5.67. The average molecular weight is 255 g/mol. The standard InChI is InChI=1S/C14H17N5/c1-10-5-6-15-14(18-10)12-4-3-7-19(12)13-8-11(2)16-9-17-13/h5-6,8-9,12H,3-4,7H2,1-2H3/t12-/m0/s1. The van der Waals surface area contributed by atoms with Gasteiger partial charge in [-0.3, -0.25) is 0 Å². The molecule has 1 fully saturated rings. The van der Waals surface area contributed by atoms with Crippen LogP contribution < -0.4 is 4.90 Å². The van der Waals surface area contributed by atoms with E-state index < -0.39 is 0 Å². The summed E-state index contributed by atoms with van der Waals surface area (Å²) in [6, 6.07) is 4.18. The van der Waals surface area contributed by atoms with Crippen LogP contribution in [-0.2, 0) is 0 Å². The molecule has 3 heterocycles. The molecule has 2 aromatic heterocycles. The lowest BCUT2D eigenvalue weighted by atomic mass is 10.2. The van der Waals surface area contributed by atoms with Crippen molar-refractivity contribution in [1.29, 1.82) is 0 Å². The maximum Gasteiger partial charge on any atom is 0.150 e. The van der Waals surface area contributed by atoms with Gasteiger partial charge in [-0.25, -0.2) is 19.9 Å². The third-order valence-electron chi connectivity index (χ3n) is 3.45. The molecule has 1 aliphatic rings. The van der Waals surface area contributed by atoms with Crippen LogP contribution in [0.15, 0.2) is 24.7 Å². The van der Waals surface area contributed by atoms with Gasteiger partial charge in [0.15, 0.2) is 5.82 Å². The molecule has 5 heteroatoms. The Labute approximate surface area is 112 Å². The third kappa shape index (κ3) is 2.41. The van der Waals surface area contributed by atoms with Crippen molar-refractivity contribution in [3.8, 4) is 0 Å². The van der Waals surface area contributed by atoms with E-state index in [1.807, 2.05) is 32.2 Å². The van der Waals surface area contributed by atoms with E-state index in [0.717, 1.165) is 42.4 Å². The summed E-state index contributed by atoms with van der Waals surface area (Å²) >= 11 is 0. The minimum Gasteiger partial charge on any atom is -0.346 e. The summed E-state index contributed by atoms with van der Waals surface area (Å²) in [5.74, 6) is 1.87. The van der Waals surface area contributed by atoms with Gasteiger partial charge in [-0.1, -0.05) is 0 Å². The third-order valence-corrected chi connectivity index (χ3v) is 3.45. The maximum absolute atomic E-state index is 4.56. The van der Waals surface area contributed by atoms with E-state index in [1.54, 1.807) is 6.33 Å². The molecule has 98 valence electrons. The van der Waals surface area contributed by atoms with Crippen molar-refractivity contribution in [3.05, 3.63) is 41.9 Å². The fraction of sp³-hybridized carbons (Fsp3) is 0.429. The highest BCUT2D eigenvalue weighted by molar-refractivity contribution is 5.42. The highest BCUT2D eigenvalue weighted by Crippen LogP contribution is 2.33. The second-order valence-corrected chi connectivity index (χ2v) is 4.93. The predicted octanol–water partition coefficient (Wildman–Crippen LogP) is 2.22. The van der Waals surface area contributed by atoms with Crippen molar-refractivity contribution in [2.45, 2.75) is 32.7 Å². The molecule has 0 N–H and O–H groups in total. The number of aromatic nitrogens is 4. The maximum atomic E-state index is 4.56. The van der Waals surface area contributed by atoms with Crippen LogP contribution >= 0.6 is 0 Å². The molecule has 5 nitrogen and oxygen atoms in total. The monoisotopic (exact) mass is 255 g/mol. The van der Waals surface area contributed by atoms with Crippen LogP contribution in [0.4, 0.5) is 5.82 Å². The van der Waals surface area contributed by atoms with Crippen molar-refractivity contribution in [3.63, 3.8) is 0 Å². The van der Waals surface area contributed by atoms with E-state index in [4.69, 9.17) is 0 Å². The lowest BCUT2D eigenvalue weighted by Gasteiger charge is -2.24. The minimum absolute atomic E-state index is 0.231. The van der Waals surface area contributed by atoms with Crippen molar-refractivity contribution in [1.82, 2.24) is 19.9 Å². The van der Waals surface area contributed by atoms with Crippen LogP contribution in [0, 0.1) is 13.8 Å². The second-order valence-electron chi connectivity index (χ2n) is 4.93. The lowest BCUT2D eigenvalue weighted by molar-refractivity contribution is 0.655. The van der Waals surface area contributed by atoms with E-state index in [-0.39, 0.29) is 6.04 Å². The highest BCUT2D eigenvalue weighted by Gasteiger charge is 2.29. The van der Waals surface area contributed by atoms with Crippen molar-refractivity contribution in [2.75, 3.05) is 11.4 Å². The largest absolute Gasteiger partial charge is 0.346 e. The van der Waals surface area contributed by atoms with Crippen molar-refractivity contribution in [2.24, 2.45) is 0 Å². The highest BCUT2D eigenvalue weighted by atomic mass is 15.3. The normalized spacial score (nSPS) is 18.8. The summed E-state index contributed by atoms with van der Waals surface area (Å²) in [5.41, 5.74) is 2.00. The molecule has 0 radical (unpaired) electrons. The van der Waals surface area contributed by atoms with Gasteiger partial charge in [-0.15, -0.1) is 0 Å². The molecule has 1 aliphatic heterocycles. The summed E-state index contributed by atoms with van der Waals surface area (Å²) in [5, 5.41) is 0. The molecule has 2 aromatic rings. The van der Waals surface area contributed by atoms with E-state index in [0.29, 0.717) is 0 Å². The Hall–Kier alpha value is -2.04. The number of aryl methyl sites for hydroxylation is 2. The number of anilines is 1. The van der Waals surface area contributed by atoms with Crippen LogP contribution in [-0.4, -0.2) is 26.5 Å². The predicted molar refractivity (Wildman–Crippen MR) is 72.9 cm³/mol. The molecule has 1 atom stereocenters. The molecule has 1 saturated heterocycles. The van der Waals surface area contributed by atoms with Gasteiger partial charge in [0.2, 0.25) is 0 Å². The van der Waals surface area contributed by atoms with Crippen LogP contribution in [0.5, 0.6) is 0 Å². The fourth-order valence-corrected chi connectivity index (χ4v) is 2.54. The quantitative estimate of drug-likeness (QED) is 0.823. The minimum atomic E-state index is 0.231. The second kappa shape index (κ2) is 4.91. The molecule has 0 amide bonds. The first-order chi connectivity index (χ1) is 9.24. The zero-order chi connectivity index (χ0) is 13.2. The van der Waals surface area contributed by atoms with Gasteiger partial charge in [0.05, 0.1) is 6.04 Å². The Morgan fingerprint density at radius 3 is 2.84 bits per heavy atom. The van der Waals surface area contributed by atoms with Gasteiger partial charge >= 0.3 is 0 Å². The molecular weight excluding hydrogens is 238 g/mol. The Morgan fingerprint density at radius 1 is 1.16 bits per heavy atom. The van der Waals surface area contributed by atoms with E-state index in [2.05, 4.69) is 24.8 Å². The summed E-state index contributed by atoms with van der Waals surface area (Å²) in [4.78, 5) is 19.8.